The lowest BCUT2D eigenvalue weighted by atomic mass is 10.0. The molecule has 0 N–H and O–H groups in total. The van der Waals surface area contributed by atoms with Crippen molar-refractivity contribution in [2.75, 3.05) is 0 Å². The molecule has 1 amide bonds. The minimum atomic E-state index is -0.445. The molecule has 0 fully saturated rings. The van der Waals surface area contributed by atoms with Gasteiger partial charge in [-0.2, -0.15) is 15.5 Å². The van der Waals surface area contributed by atoms with Gasteiger partial charge >= 0.3 is 0 Å². The smallest absolute Gasteiger partial charge is 0.269 e. The van der Waals surface area contributed by atoms with Crippen LogP contribution in [0, 0.1) is 17.1 Å². The highest BCUT2D eigenvalue weighted by Crippen LogP contribution is 2.29. The van der Waals surface area contributed by atoms with Gasteiger partial charge in [0.05, 0.1) is 29.4 Å². The van der Waals surface area contributed by atoms with Crippen molar-refractivity contribution >= 4 is 23.0 Å². The Morgan fingerprint density at radius 1 is 1.33 bits per heavy atom. The van der Waals surface area contributed by atoms with Gasteiger partial charge in [-0.05, 0) is 42.7 Å². The number of hydrogen-bond acceptors (Lipinski definition) is 5. The zero-order chi connectivity index (χ0) is 21.1. The topological polar surface area (TPSA) is 87.2 Å². The van der Waals surface area contributed by atoms with E-state index in [1.54, 1.807) is 29.2 Å². The predicted molar refractivity (Wildman–Crippen MR) is 110 cm³/mol. The zero-order valence-corrected chi connectivity index (χ0v) is 16.2. The molecule has 0 spiro atoms. The summed E-state index contributed by atoms with van der Waals surface area (Å²) in [7, 11) is 0. The Morgan fingerprint density at radius 3 is 3.00 bits per heavy atom. The summed E-state index contributed by atoms with van der Waals surface area (Å²) in [5, 5.41) is 19.9. The van der Waals surface area contributed by atoms with Crippen LogP contribution in [0.4, 0.5) is 4.39 Å². The molecule has 1 atom stereocenters. The first-order valence-corrected chi connectivity index (χ1v) is 9.56. The SMILES string of the molecule is C=C(CCCn1cc2cc(C#N)ccc2n1)C(=O)N1N=CCC1c1cncc(F)c1. The lowest BCUT2D eigenvalue weighted by Crippen LogP contribution is -2.28. The van der Waals surface area contributed by atoms with E-state index in [0.29, 0.717) is 42.5 Å². The van der Waals surface area contributed by atoms with Crippen molar-refractivity contribution in [3.63, 3.8) is 0 Å². The maximum absolute atomic E-state index is 13.5. The van der Waals surface area contributed by atoms with Gasteiger partial charge in [-0.1, -0.05) is 6.58 Å². The Morgan fingerprint density at radius 2 is 2.20 bits per heavy atom. The Bertz CT molecular complexity index is 1190. The number of nitrogens with zero attached hydrogens (tertiary/aromatic N) is 6. The van der Waals surface area contributed by atoms with Crippen LogP contribution in [0.1, 0.15) is 36.4 Å². The number of carbonyl (C=O) groups is 1. The first kappa shape index (κ1) is 19.5. The van der Waals surface area contributed by atoms with Crippen LogP contribution < -0.4 is 0 Å². The van der Waals surface area contributed by atoms with Gasteiger partial charge in [-0.3, -0.25) is 14.5 Å². The molecule has 0 aliphatic carbocycles. The molecule has 1 aliphatic rings. The summed E-state index contributed by atoms with van der Waals surface area (Å²) in [5.41, 5.74) is 2.46. The molecular weight excluding hydrogens is 383 g/mol. The normalized spacial score (nSPS) is 15.5. The number of aryl methyl sites for hydroxylation is 1. The van der Waals surface area contributed by atoms with Crippen molar-refractivity contribution < 1.29 is 9.18 Å². The van der Waals surface area contributed by atoms with E-state index < -0.39 is 5.82 Å². The molecule has 1 aromatic carbocycles. The van der Waals surface area contributed by atoms with Crippen LogP contribution in [-0.4, -0.2) is 31.9 Å². The average molecular weight is 402 g/mol. The summed E-state index contributed by atoms with van der Waals surface area (Å²) in [6.07, 6.45) is 7.88. The number of nitriles is 1. The van der Waals surface area contributed by atoms with E-state index >= 15 is 0 Å². The second-order valence-electron chi connectivity index (χ2n) is 7.12. The zero-order valence-electron chi connectivity index (χ0n) is 16.2. The number of aromatic nitrogens is 3. The van der Waals surface area contributed by atoms with Crippen molar-refractivity contribution in [1.82, 2.24) is 19.8 Å². The minimum absolute atomic E-state index is 0.276. The van der Waals surface area contributed by atoms with Crippen LogP contribution in [0.5, 0.6) is 0 Å². The fourth-order valence-electron chi connectivity index (χ4n) is 3.48. The molecule has 1 unspecified atom stereocenters. The number of benzene rings is 1. The summed E-state index contributed by atoms with van der Waals surface area (Å²) in [6.45, 7) is 4.54. The van der Waals surface area contributed by atoms with Crippen molar-refractivity contribution in [3.05, 3.63) is 72.0 Å². The van der Waals surface area contributed by atoms with Crippen molar-refractivity contribution in [2.24, 2.45) is 5.10 Å². The number of hydrazone groups is 1. The van der Waals surface area contributed by atoms with Crippen molar-refractivity contribution in [2.45, 2.75) is 31.8 Å². The summed E-state index contributed by atoms with van der Waals surface area (Å²) < 4.78 is 15.3. The standard InChI is InChI=1S/C22H19FN6O/c1-15(3-2-8-28-14-18-9-16(11-24)4-5-20(18)27-28)22(30)29-21(6-7-26-29)17-10-19(23)13-25-12-17/h4-5,7,9-10,12-14,21H,1-3,6,8H2. The second-order valence-corrected chi connectivity index (χ2v) is 7.12. The molecule has 150 valence electrons. The average Bonchev–Trinajstić information content (AvgIpc) is 3.39. The first-order chi connectivity index (χ1) is 14.5. The highest BCUT2D eigenvalue weighted by molar-refractivity contribution is 5.94. The molecule has 0 radical (unpaired) electrons. The van der Waals surface area contributed by atoms with E-state index in [1.165, 1.54) is 11.1 Å². The van der Waals surface area contributed by atoms with Gasteiger partial charge in [-0.25, -0.2) is 9.40 Å². The fraction of sp³-hybridized carbons (Fsp3) is 0.227. The number of hydrogen-bond donors (Lipinski definition) is 0. The number of amides is 1. The number of rotatable bonds is 6. The third kappa shape index (κ3) is 3.96. The molecule has 8 heteroatoms. The number of fused-ring (bicyclic) bond motifs is 1. The molecule has 1 aliphatic heterocycles. The minimum Gasteiger partial charge on any atom is -0.272 e. The van der Waals surface area contributed by atoms with Crippen molar-refractivity contribution in [3.8, 4) is 6.07 Å². The van der Waals surface area contributed by atoms with E-state index in [4.69, 9.17) is 5.26 Å². The molecule has 0 saturated heterocycles. The van der Waals surface area contributed by atoms with E-state index in [9.17, 15) is 9.18 Å². The highest BCUT2D eigenvalue weighted by atomic mass is 19.1. The van der Waals surface area contributed by atoms with Gasteiger partial charge in [0.15, 0.2) is 0 Å². The summed E-state index contributed by atoms with van der Waals surface area (Å²) in [6, 6.07) is 8.47. The molecular formula is C22H19FN6O. The molecule has 0 bridgehead atoms. The predicted octanol–water partition coefficient (Wildman–Crippen LogP) is 3.74. The Hall–Kier alpha value is -3.86. The number of pyridine rings is 1. The van der Waals surface area contributed by atoms with Crippen LogP contribution in [-0.2, 0) is 11.3 Å². The fourth-order valence-corrected chi connectivity index (χ4v) is 3.48. The second kappa shape index (κ2) is 8.25. The monoisotopic (exact) mass is 402 g/mol. The summed E-state index contributed by atoms with van der Waals surface area (Å²) in [4.78, 5) is 16.7. The Balaban J connectivity index is 1.36. The van der Waals surface area contributed by atoms with Crippen LogP contribution >= 0.6 is 0 Å². The van der Waals surface area contributed by atoms with Crippen LogP contribution in [0.25, 0.3) is 10.9 Å². The maximum Gasteiger partial charge on any atom is 0.269 e. The van der Waals surface area contributed by atoms with E-state index in [2.05, 4.69) is 27.8 Å². The summed E-state index contributed by atoms with van der Waals surface area (Å²) in [5.74, 6) is -0.721. The van der Waals surface area contributed by atoms with Crippen LogP contribution in [0.2, 0.25) is 0 Å². The van der Waals surface area contributed by atoms with Gasteiger partial charge in [0.2, 0.25) is 0 Å². The third-order valence-corrected chi connectivity index (χ3v) is 5.00. The van der Waals surface area contributed by atoms with Gasteiger partial charge < -0.3 is 0 Å². The summed E-state index contributed by atoms with van der Waals surface area (Å²) >= 11 is 0. The Labute approximate surface area is 172 Å². The van der Waals surface area contributed by atoms with Gasteiger partial charge in [0, 0.05) is 42.5 Å². The van der Waals surface area contributed by atoms with E-state index in [1.807, 2.05) is 12.3 Å². The van der Waals surface area contributed by atoms with Gasteiger partial charge in [-0.15, -0.1) is 0 Å². The van der Waals surface area contributed by atoms with Gasteiger partial charge in [0.25, 0.3) is 5.91 Å². The third-order valence-electron chi connectivity index (χ3n) is 5.00. The quantitative estimate of drug-likeness (QED) is 0.588. The molecule has 3 heterocycles. The molecule has 0 saturated carbocycles. The molecule has 3 aromatic rings. The molecule has 30 heavy (non-hydrogen) atoms. The molecule has 2 aromatic heterocycles. The lowest BCUT2D eigenvalue weighted by Gasteiger charge is -2.22. The molecule has 4 rings (SSSR count). The van der Waals surface area contributed by atoms with Gasteiger partial charge in [0.1, 0.15) is 5.82 Å². The number of halogens is 1. The number of carbonyl (C=O) groups excluding carboxylic acids is 1. The highest BCUT2D eigenvalue weighted by Gasteiger charge is 2.29. The van der Waals surface area contributed by atoms with Crippen LogP contribution in [0.15, 0.2) is 60.1 Å². The molecule has 7 nitrogen and oxygen atoms in total. The largest absolute Gasteiger partial charge is 0.272 e. The van der Waals surface area contributed by atoms with E-state index in [-0.39, 0.29) is 11.9 Å². The van der Waals surface area contributed by atoms with Crippen LogP contribution in [0.3, 0.4) is 0 Å². The Kier molecular flexibility index (Phi) is 5.35. The maximum atomic E-state index is 13.5. The first-order valence-electron chi connectivity index (χ1n) is 9.56. The lowest BCUT2D eigenvalue weighted by molar-refractivity contribution is -0.129. The van der Waals surface area contributed by atoms with E-state index in [0.717, 1.165) is 17.1 Å². The van der Waals surface area contributed by atoms with Crippen molar-refractivity contribution in [1.29, 1.82) is 5.26 Å².